The molecule has 2 aromatic carbocycles. The first kappa shape index (κ1) is 17.0. The average molecular weight is 353 g/mol. The zero-order chi connectivity index (χ0) is 18.1. The zero-order valence-electron chi connectivity index (χ0n) is 15.1. The average Bonchev–Trinajstić information content (AvgIpc) is 2.94. The summed E-state index contributed by atoms with van der Waals surface area (Å²) in [7, 11) is 0. The molecular weight excluding hydrogens is 329 g/mol. The number of hydrogen-bond donors (Lipinski definition) is 0. The number of fused-ring (bicyclic) bond motifs is 1. The normalized spacial score (nSPS) is 20.5. The summed E-state index contributed by atoms with van der Waals surface area (Å²) in [5.74, 6) is -0.245. The van der Waals surface area contributed by atoms with Crippen molar-refractivity contribution in [2.45, 2.75) is 26.1 Å². The van der Waals surface area contributed by atoms with Crippen molar-refractivity contribution >= 4 is 6.03 Å². The van der Waals surface area contributed by atoms with Gasteiger partial charge in [0.25, 0.3) is 0 Å². The van der Waals surface area contributed by atoms with Crippen LogP contribution in [0.5, 0.6) is 0 Å². The first-order valence-corrected chi connectivity index (χ1v) is 9.17. The second-order valence-corrected chi connectivity index (χ2v) is 7.30. The molecule has 2 amide bonds. The van der Waals surface area contributed by atoms with Gasteiger partial charge in [0.2, 0.25) is 0 Å². The molecule has 4 nitrogen and oxygen atoms in total. The van der Waals surface area contributed by atoms with Crippen molar-refractivity contribution in [3.8, 4) is 0 Å². The van der Waals surface area contributed by atoms with Gasteiger partial charge in [0.05, 0.1) is 6.04 Å². The van der Waals surface area contributed by atoms with Crippen molar-refractivity contribution in [1.82, 2.24) is 14.7 Å². The van der Waals surface area contributed by atoms with Gasteiger partial charge in [-0.25, -0.2) is 9.18 Å². The lowest BCUT2D eigenvalue weighted by molar-refractivity contribution is 0.116. The minimum absolute atomic E-state index is 0.106. The van der Waals surface area contributed by atoms with Crippen LogP contribution in [0.3, 0.4) is 0 Å². The molecule has 0 saturated carbocycles. The number of amides is 2. The number of aryl methyl sites for hydroxylation is 1. The summed E-state index contributed by atoms with van der Waals surface area (Å²) in [6.45, 7) is 6.94. The fourth-order valence-corrected chi connectivity index (χ4v) is 3.96. The maximum absolute atomic E-state index is 13.1. The Kier molecular flexibility index (Phi) is 4.64. The molecule has 2 aromatic rings. The van der Waals surface area contributed by atoms with E-state index in [1.807, 2.05) is 9.80 Å². The number of carbonyl (C=O) groups is 1. The summed E-state index contributed by atoms with van der Waals surface area (Å²) in [6, 6.07) is 15.2. The van der Waals surface area contributed by atoms with E-state index in [9.17, 15) is 9.18 Å². The molecule has 2 saturated heterocycles. The molecule has 2 fully saturated rings. The van der Waals surface area contributed by atoms with E-state index in [2.05, 4.69) is 36.1 Å². The molecule has 4 rings (SSSR count). The fraction of sp³-hybridized carbons (Fsp3) is 0.381. The molecule has 2 heterocycles. The maximum atomic E-state index is 13.1. The van der Waals surface area contributed by atoms with Crippen molar-refractivity contribution in [3.05, 3.63) is 71.0 Å². The lowest BCUT2D eigenvalue weighted by Gasteiger charge is -2.36. The Morgan fingerprint density at radius 3 is 2.54 bits per heavy atom. The first-order valence-electron chi connectivity index (χ1n) is 9.17. The van der Waals surface area contributed by atoms with E-state index in [4.69, 9.17) is 0 Å². The van der Waals surface area contributed by atoms with Crippen molar-refractivity contribution < 1.29 is 9.18 Å². The summed E-state index contributed by atoms with van der Waals surface area (Å²) in [6.07, 6.45) is 0. The zero-order valence-corrected chi connectivity index (χ0v) is 15.1. The second-order valence-electron chi connectivity index (χ2n) is 7.30. The molecule has 1 atom stereocenters. The Morgan fingerprint density at radius 2 is 1.77 bits per heavy atom. The topological polar surface area (TPSA) is 26.8 Å². The van der Waals surface area contributed by atoms with Crippen molar-refractivity contribution in [3.63, 3.8) is 0 Å². The Labute approximate surface area is 153 Å². The van der Waals surface area contributed by atoms with Crippen LogP contribution in [0.25, 0.3) is 0 Å². The first-order chi connectivity index (χ1) is 12.6. The summed E-state index contributed by atoms with van der Waals surface area (Å²) >= 11 is 0. The van der Waals surface area contributed by atoms with Crippen LogP contribution in [0.4, 0.5) is 9.18 Å². The number of urea groups is 1. The summed E-state index contributed by atoms with van der Waals surface area (Å²) in [5, 5.41) is 0. The van der Waals surface area contributed by atoms with Gasteiger partial charge in [-0.2, -0.15) is 0 Å². The van der Waals surface area contributed by atoms with Gasteiger partial charge in [-0.1, -0.05) is 36.4 Å². The highest BCUT2D eigenvalue weighted by Crippen LogP contribution is 2.24. The van der Waals surface area contributed by atoms with Crippen LogP contribution in [0.2, 0.25) is 0 Å². The highest BCUT2D eigenvalue weighted by molar-refractivity contribution is 5.77. The van der Waals surface area contributed by atoms with Crippen LogP contribution >= 0.6 is 0 Å². The molecule has 0 aliphatic carbocycles. The second kappa shape index (κ2) is 7.08. The Hall–Kier alpha value is -2.40. The van der Waals surface area contributed by atoms with E-state index < -0.39 is 0 Å². The molecule has 26 heavy (non-hydrogen) atoms. The molecule has 136 valence electrons. The lowest BCUT2D eigenvalue weighted by Crippen LogP contribution is -2.51. The Bertz CT molecular complexity index is 792. The number of nitrogens with zero attached hydrogens (tertiary/aromatic N) is 3. The predicted octanol–water partition coefficient (Wildman–Crippen LogP) is 3.26. The monoisotopic (exact) mass is 353 g/mol. The molecule has 0 N–H and O–H groups in total. The smallest absolute Gasteiger partial charge is 0.318 e. The number of piperazine rings is 1. The Balaban J connectivity index is 1.40. The minimum atomic E-state index is -0.245. The van der Waals surface area contributed by atoms with E-state index in [1.165, 1.54) is 23.3 Å². The molecule has 0 spiro atoms. The molecule has 0 unspecified atom stereocenters. The van der Waals surface area contributed by atoms with Crippen molar-refractivity contribution in [1.29, 1.82) is 0 Å². The molecule has 0 radical (unpaired) electrons. The number of benzene rings is 2. The van der Waals surface area contributed by atoms with E-state index in [0.717, 1.165) is 38.3 Å². The van der Waals surface area contributed by atoms with Gasteiger partial charge < -0.3 is 9.80 Å². The van der Waals surface area contributed by atoms with Gasteiger partial charge in [0.1, 0.15) is 5.82 Å². The summed E-state index contributed by atoms with van der Waals surface area (Å²) in [4.78, 5) is 19.0. The number of halogens is 1. The van der Waals surface area contributed by atoms with Gasteiger partial charge in [-0.3, -0.25) is 4.90 Å². The third kappa shape index (κ3) is 3.44. The predicted molar refractivity (Wildman–Crippen MR) is 99.2 cm³/mol. The van der Waals surface area contributed by atoms with Gasteiger partial charge in [0.15, 0.2) is 0 Å². The van der Waals surface area contributed by atoms with Crippen molar-refractivity contribution in [2.75, 3.05) is 26.2 Å². The van der Waals surface area contributed by atoms with Crippen LogP contribution in [-0.4, -0.2) is 53.0 Å². The molecule has 2 aliphatic heterocycles. The van der Waals surface area contributed by atoms with Crippen LogP contribution in [0, 0.1) is 12.7 Å². The lowest BCUT2D eigenvalue weighted by atomic mass is 10.1. The van der Waals surface area contributed by atoms with Gasteiger partial charge >= 0.3 is 6.03 Å². The van der Waals surface area contributed by atoms with Gasteiger partial charge in [-0.05, 0) is 35.7 Å². The number of carbonyl (C=O) groups excluding carboxylic acids is 1. The van der Waals surface area contributed by atoms with Crippen LogP contribution in [0.15, 0.2) is 48.5 Å². The molecule has 0 bridgehead atoms. The molecule has 0 aromatic heterocycles. The van der Waals surface area contributed by atoms with E-state index >= 15 is 0 Å². The minimum Gasteiger partial charge on any atom is -0.318 e. The van der Waals surface area contributed by atoms with Crippen LogP contribution < -0.4 is 0 Å². The van der Waals surface area contributed by atoms with E-state index in [0.29, 0.717) is 6.54 Å². The molecular formula is C21H24FN3O. The van der Waals surface area contributed by atoms with Crippen LogP contribution in [0.1, 0.15) is 16.7 Å². The highest BCUT2D eigenvalue weighted by Gasteiger charge is 2.40. The number of hydrogen-bond acceptors (Lipinski definition) is 2. The SMILES string of the molecule is Cc1ccccc1CN1CCN2C(=O)N(Cc3ccc(F)cc3)C[C@H]2C1. The fourth-order valence-electron chi connectivity index (χ4n) is 3.96. The van der Waals surface area contributed by atoms with Gasteiger partial charge in [0, 0.05) is 39.3 Å². The summed E-state index contributed by atoms with van der Waals surface area (Å²) < 4.78 is 13.1. The third-order valence-electron chi connectivity index (χ3n) is 5.46. The molecule has 2 aliphatic rings. The highest BCUT2D eigenvalue weighted by atomic mass is 19.1. The maximum Gasteiger partial charge on any atom is 0.320 e. The standard InChI is InChI=1S/C21H24FN3O/c1-16-4-2-3-5-18(16)13-23-10-11-25-20(14-23)15-24(21(25)26)12-17-6-8-19(22)9-7-17/h2-9,20H,10-15H2,1H3/t20-/m1/s1. The summed E-state index contributed by atoms with van der Waals surface area (Å²) in [5.41, 5.74) is 3.64. The quantitative estimate of drug-likeness (QED) is 0.844. The third-order valence-corrected chi connectivity index (χ3v) is 5.46. The van der Waals surface area contributed by atoms with Crippen LogP contribution in [-0.2, 0) is 13.1 Å². The van der Waals surface area contributed by atoms with E-state index in [-0.39, 0.29) is 17.9 Å². The van der Waals surface area contributed by atoms with Crippen molar-refractivity contribution in [2.24, 2.45) is 0 Å². The van der Waals surface area contributed by atoms with E-state index in [1.54, 1.807) is 12.1 Å². The van der Waals surface area contributed by atoms with Gasteiger partial charge in [-0.15, -0.1) is 0 Å². The number of rotatable bonds is 4. The Morgan fingerprint density at radius 1 is 1.00 bits per heavy atom. The largest absolute Gasteiger partial charge is 0.320 e. The molecule has 5 heteroatoms.